The van der Waals surface area contributed by atoms with Gasteiger partial charge in [0.15, 0.2) is 0 Å². The predicted molar refractivity (Wildman–Crippen MR) is 55.9 cm³/mol. The van der Waals surface area contributed by atoms with Crippen LogP contribution in [0.25, 0.3) is 0 Å². The fourth-order valence-corrected chi connectivity index (χ4v) is 0.942. The molecule has 1 aromatic carbocycles. The lowest BCUT2D eigenvalue weighted by Crippen LogP contribution is -2.18. The second kappa shape index (κ2) is 4.99. The van der Waals surface area contributed by atoms with Gasteiger partial charge in [0.25, 0.3) is 0 Å². The van der Waals surface area contributed by atoms with E-state index in [1.807, 2.05) is 0 Å². The number of aromatic hydroxyl groups is 1. The lowest BCUT2D eigenvalue weighted by Gasteiger charge is -2.01. The quantitative estimate of drug-likeness (QED) is 0.571. The summed E-state index contributed by atoms with van der Waals surface area (Å²) >= 11 is 0. The smallest absolute Gasteiger partial charge is 0.427 e. The molecule has 0 aliphatic carbocycles. The van der Waals surface area contributed by atoms with Crippen molar-refractivity contribution in [3.8, 4) is 5.75 Å². The Morgan fingerprint density at radius 1 is 1.40 bits per heavy atom. The molecule has 0 radical (unpaired) electrons. The number of nitrogens with one attached hydrogen (secondary N) is 1. The number of methoxy groups -OCH3 is 1. The molecule has 5 heteroatoms. The van der Waals surface area contributed by atoms with E-state index in [-0.39, 0.29) is 5.75 Å². The third kappa shape index (κ3) is 3.30. The first-order valence-corrected chi connectivity index (χ1v) is 4.31. The van der Waals surface area contributed by atoms with Gasteiger partial charge in [-0.3, -0.25) is 0 Å². The molecule has 5 nitrogen and oxygen atoms in total. The molecule has 15 heavy (non-hydrogen) atoms. The van der Waals surface area contributed by atoms with Crippen LogP contribution in [-0.2, 0) is 4.74 Å². The summed E-state index contributed by atoms with van der Waals surface area (Å²) in [5.74, 6) is 0.187. The number of amides is 1. The Morgan fingerprint density at radius 2 is 2.00 bits per heavy atom. The molecule has 0 saturated heterocycles. The topological polar surface area (TPSA) is 70.9 Å². The van der Waals surface area contributed by atoms with Crippen molar-refractivity contribution < 1.29 is 14.6 Å². The summed E-state index contributed by atoms with van der Waals surface area (Å²) in [7, 11) is 1.26. The van der Waals surface area contributed by atoms with Gasteiger partial charge in [-0.05, 0) is 36.8 Å². The molecular weight excluding hydrogens is 196 g/mol. The molecular formula is C10H12N2O3. The molecule has 0 bridgehead atoms. The van der Waals surface area contributed by atoms with Crippen molar-refractivity contribution in [2.75, 3.05) is 7.11 Å². The normalized spacial score (nSPS) is 10.9. The monoisotopic (exact) mass is 208 g/mol. The van der Waals surface area contributed by atoms with Crippen molar-refractivity contribution in [3.05, 3.63) is 29.8 Å². The summed E-state index contributed by atoms with van der Waals surface area (Å²) in [6.07, 6.45) is -0.617. The predicted octanol–water partition coefficient (Wildman–Crippen LogP) is 1.47. The van der Waals surface area contributed by atoms with Gasteiger partial charge in [-0.25, -0.2) is 10.2 Å². The Labute approximate surface area is 87.4 Å². The molecule has 0 saturated carbocycles. The van der Waals surface area contributed by atoms with Gasteiger partial charge in [-0.15, -0.1) is 0 Å². The van der Waals surface area contributed by atoms with Crippen LogP contribution in [0.4, 0.5) is 4.79 Å². The van der Waals surface area contributed by atoms with Crippen LogP contribution in [0.1, 0.15) is 12.5 Å². The SMILES string of the molecule is COC(=O)N/N=C(/C)c1ccc(O)cc1. The van der Waals surface area contributed by atoms with Gasteiger partial charge < -0.3 is 9.84 Å². The zero-order valence-corrected chi connectivity index (χ0v) is 8.52. The number of phenolic OH excluding ortho intramolecular Hbond substituents is 1. The molecule has 0 atom stereocenters. The molecule has 1 amide bonds. The maximum atomic E-state index is 10.7. The average molecular weight is 208 g/mol. The van der Waals surface area contributed by atoms with Crippen LogP contribution in [0.3, 0.4) is 0 Å². The van der Waals surface area contributed by atoms with E-state index in [4.69, 9.17) is 5.11 Å². The van der Waals surface area contributed by atoms with E-state index >= 15 is 0 Å². The van der Waals surface area contributed by atoms with E-state index in [0.29, 0.717) is 5.71 Å². The van der Waals surface area contributed by atoms with Crippen molar-refractivity contribution in [1.29, 1.82) is 0 Å². The molecule has 2 N–H and O–H groups in total. The Kier molecular flexibility index (Phi) is 3.68. The number of carbonyl (C=O) groups is 1. The second-order valence-corrected chi connectivity index (χ2v) is 2.85. The van der Waals surface area contributed by atoms with Crippen LogP contribution in [0.5, 0.6) is 5.75 Å². The molecule has 0 aliphatic rings. The highest BCUT2D eigenvalue weighted by molar-refractivity contribution is 5.99. The molecule has 1 rings (SSSR count). The van der Waals surface area contributed by atoms with Crippen molar-refractivity contribution in [2.45, 2.75) is 6.92 Å². The minimum absolute atomic E-state index is 0.187. The highest BCUT2D eigenvalue weighted by atomic mass is 16.5. The van der Waals surface area contributed by atoms with E-state index in [9.17, 15) is 4.79 Å². The lowest BCUT2D eigenvalue weighted by atomic mass is 10.1. The Bertz CT molecular complexity index is 371. The van der Waals surface area contributed by atoms with E-state index in [0.717, 1.165) is 5.56 Å². The largest absolute Gasteiger partial charge is 0.508 e. The van der Waals surface area contributed by atoms with Crippen LogP contribution >= 0.6 is 0 Å². The summed E-state index contributed by atoms with van der Waals surface area (Å²) < 4.78 is 4.36. The summed E-state index contributed by atoms with van der Waals surface area (Å²) in [5, 5.41) is 12.9. The van der Waals surface area contributed by atoms with Gasteiger partial charge >= 0.3 is 6.09 Å². The Hall–Kier alpha value is -2.04. The number of ether oxygens (including phenoxy) is 1. The number of hydrogen-bond donors (Lipinski definition) is 2. The molecule has 1 aromatic rings. The summed E-state index contributed by atoms with van der Waals surface area (Å²) in [4.78, 5) is 10.7. The molecule has 0 fully saturated rings. The zero-order valence-electron chi connectivity index (χ0n) is 8.52. The maximum absolute atomic E-state index is 10.7. The van der Waals surface area contributed by atoms with Crippen LogP contribution < -0.4 is 5.43 Å². The fourth-order valence-electron chi connectivity index (χ4n) is 0.942. The van der Waals surface area contributed by atoms with Crippen LogP contribution in [0.2, 0.25) is 0 Å². The summed E-state index contributed by atoms with van der Waals surface area (Å²) in [5.41, 5.74) is 3.64. The molecule has 0 aliphatic heterocycles. The highest BCUT2D eigenvalue weighted by Crippen LogP contribution is 2.10. The molecule has 0 heterocycles. The van der Waals surface area contributed by atoms with Gasteiger partial charge in [-0.2, -0.15) is 5.10 Å². The van der Waals surface area contributed by atoms with Gasteiger partial charge in [0.1, 0.15) is 5.75 Å². The maximum Gasteiger partial charge on any atom is 0.427 e. The number of hydrogen-bond acceptors (Lipinski definition) is 4. The average Bonchev–Trinajstić information content (AvgIpc) is 2.26. The Balaban J connectivity index is 2.71. The van der Waals surface area contributed by atoms with Crippen LogP contribution in [0.15, 0.2) is 29.4 Å². The van der Waals surface area contributed by atoms with Crippen molar-refractivity contribution in [2.24, 2.45) is 5.10 Å². The highest BCUT2D eigenvalue weighted by Gasteiger charge is 1.99. The van der Waals surface area contributed by atoms with E-state index < -0.39 is 6.09 Å². The minimum atomic E-state index is -0.617. The van der Waals surface area contributed by atoms with Gasteiger partial charge in [0.05, 0.1) is 12.8 Å². The number of nitrogens with zero attached hydrogens (tertiary/aromatic N) is 1. The standard InChI is InChI=1S/C10H12N2O3/c1-7(11-12-10(14)15-2)8-3-5-9(13)6-4-8/h3-6,13H,1-2H3,(H,12,14)/b11-7-. The molecule has 0 aromatic heterocycles. The number of benzene rings is 1. The van der Waals surface area contributed by atoms with Crippen molar-refractivity contribution >= 4 is 11.8 Å². The summed E-state index contributed by atoms with van der Waals surface area (Å²) in [6, 6.07) is 6.50. The third-order valence-electron chi connectivity index (χ3n) is 1.79. The number of hydrazone groups is 1. The number of carbonyl (C=O) groups excluding carboxylic acids is 1. The molecule has 0 spiro atoms. The zero-order chi connectivity index (χ0) is 11.3. The molecule has 0 unspecified atom stereocenters. The van der Waals surface area contributed by atoms with Gasteiger partial charge in [-0.1, -0.05) is 0 Å². The lowest BCUT2D eigenvalue weighted by molar-refractivity contribution is 0.171. The van der Waals surface area contributed by atoms with E-state index in [1.54, 1.807) is 31.2 Å². The fraction of sp³-hybridized carbons (Fsp3) is 0.200. The van der Waals surface area contributed by atoms with Crippen molar-refractivity contribution in [3.63, 3.8) is 0 Å². The van der Waals surface area contributed by atoms with E-state index in [2.05, 4.69) is 15.3 Å². The Morgan fingerprint density at radius 3 is 2.53 bits per heavy atom. The van der Waals surface area contributed by atoms with Gasteiger partial charge in [0.2, 0.25) is 0 Å². The van der Waals surface area contributed by atoms with Crippen LogP contribution in [-0.4, -0.2) is 24.0 Å². The molecule has 80 valence electrons. The first-order valence-electron chi connectivity index (χ1n) is 4.31. The second-order valence-electron chi connectivity index (χ2n) is 2.85. The van der Waals surface area contributed by atoms with Gasteiger partial charge in [0, 0.05) is 0 Å². The van der Waals surface area contributed by atoms with E-state index in [1.165, 1.54) is 7.11 Å². The number of phenols is 1. The third-order valence-corrected chi connectivity index (χ3v) is 1.79. The minimum Gasteiger partial charge on any atom is -0.508 e. The first kappa shape index (κ1) is 11.0. The first-order chi connectivity index (χ1) is 7.13. The number of rotatable bonds is 2. The summed E-state index contributed by atoms with van der Waals surface area (Å²) in [6.45, 7) is 1.74. The van der Waals surface area contributed by atoms with Crippen molar-refractivity contribution in [1.82, 2.24) is 5.43 Å². The van der Waals surface area contributed by atoms with Crippen LogP contribution in [0, 0.1) is 0 Å².